The van der Waals surface area contributed by atoms with Crippen molar-refractivity contribution in [2.75, 3.05) is 14.2 Å². The molecule has 0 rings (SSSR count). The molecule has 0 aromatic heterocycles. The molecule has 0 unspecified atom stereocenters. The van der Waals surface area contributed by atoms with Crippen LogP contribution in [-0.4, -0.2) is 14.2 Å². The Kier molecular flexibility index (Phi) is 180. The van der Waals surface area contributed by atoms with Crippen molar-refractivity contribution in [3.05, 3.63) is 25.8 Å². The van der Waals surface area contributed by atoms with Gasteiger partial charge in [0.05, 0.1) is 0 Å². The van der Waals surface area contributed by atoms with Crippen LogP contribution >= 0.6 is 0 Å². The second kappa shape index (κ2) is 91.9. The molecule has 0 aromatic carbocycles. The molecule has 0 saturated carbocycles. The Morgan fingerprint density at radius 2 is 1.25 bits per heavy atom. The van der Waals surface area contributed by atoms with E-state index in [1.165, 1.54) is 0 Å². The summed E-state index contributed by atoms with van der Waals surface area (Å²) < 4.78 is 4.25. The van der Waals surface area contributed by atoms with Crippen molar-refractivity contribution in [3.8, 4) is 0 Å². The van der Waals surface area contributed by atoms with Gasteiger partial charge in [-0.3, -0.25) is 0 Å². The van der Waals surface area contributed by atoms with E-state index in [0.717, 1.165) is 0 Å². The normalized spacial score (nSPS) is 4.38. The molecule has 0 aliphatic rings. The molecule has 0 radical (unpaired) electrons. The average Bonchev–Trinajstić information content (AvgIpc) is 1.75. The van der Waals surface area contributed by atoms with Crippen molar-refractivity contribution in [2.45, 2.75) is 6.92 Å². The Balaban J connectivity index is -0.0000000483. The third-order valence-electron chi connectivity index (χ3n) is 0. The monoisotopic (exact) mass is 116 g/mol. The first kappa shape index (κ1) is 15.7. The van der Waals surface area contributed by atoms with Crippen LogP contribution in [0.3, 0.4) is 0 Å². The van der Waals surface area contributed by atoms with Crippen molar-refractivity contribution < 1.29 is 4.74 Å². The highest BCUT2D eigenvalue weighted by Gasteiger charge is 1.25. The second-order valence-corrected chi connectivity index (χ2v) is 0.816. The minimum absolute atomic E-state index is 1.62. The maximum atomic E-state index is 4.25. The van der Waals surface area contributed by atoms with Crippen molar-refractivity contribution in [3.63, 3.8) is 0 Å². The zero-order valence-electron chi connectivity index (χ0n) is 6.11. The number of allylic oxidation sites excluding steroid dienone is 1. The fourth-order valence-corrected chi connectivity index (χ4v) is 0. The van der Waals surface area contributed by atoms with Crippen LogP contribution in [0.5, 0.6) is 0 Å². The van der Waals surface area contributed by atoms with Crippen LogP contribution in [0.2, 0.25) is 0 Å². The lowest BCUT2D eigenvalue weighted by atomic mass is 10.8. The molecule has 0 saturated heterocycles. The molecular formula is C7H16O. The Bertz CT molecular complexity index is 25.6. The Hall–Kier alpha value is -0.560. The van der Waals surface area contributed by atoms with Crippen LogP contribution in [0.1, 0.15) is 6.92 Å². The third kappa shape index (κ3) is 342. The first-order chi connectivity index (χ1) is 3.83. The molecule has 0 fully saturated rings. The van der Waals surface area contributed by atoms with Crippen LogP contribution in [0.15, 0.2) is 25.8 Å². The molecule has 0 heterocycles. The molecule has 0 bridgehead atoms. The average molecular weight is 116 g/mol. The number of rotatable bonds is 0. The summed E-state index contributed by atoms with van der Waals surface area (Å²) in [6.45, 7) is 11.2. The minimum atomic E-state index is 1.62. The topological polar surface area (TPSA) is 9.23 Å². The molecular weight excluding hydrogens is 100 g/mol. The SMILES string of the molecule is C=C.C=CC.COC. The lowest BCUT2D eigenvalue weighted by Gasteiger charge is -1.61. The van der Waals surface area contributed by atoms with Crippen LogP contribution in [0.25, 0.3) is 0 Å². The molecule has 8 heavy (non-hydrogen) atoms. The Morgan fingerprint density at radius 1 is 1.25 bits per heavy atom. The fourth-order valence-electron chi connectivity index (χ4n) is 0. The first-order valence-corrected chi connectivity index (χ1v) is 2.30. The summed E-state index contributed by atoms with van der Waals surface area (Å²) in [6.07, 6.45) is 1.75. The van der Waals surface area contributed by atoms with E-state index in [9.17, 15) is 0 Å². The van der Waals surface area contributed by atoms with Gasteiger partial charge < -0.3 is 4.74 Å². The number of hydrogen-bond acceptors (Lipinski definition) is 1. The van der Waals surface area contributed by atoms with Gasteiger partial charge in [0, 0.05) is 14.2 Å². The molecule has 1 nitrogen and oxygen atoms in total. The van der Waals surface area contributed by atoms with Crippen molar-refractivity contribution in [1.82, 2.24) is 0 Å². The smallest absolute Gasteiger partial charge is 0.0351 e. The van der Waals surface area contributed by atoms with Crippen LogP contribution < -0.4 is 0 Å². The van der Waals surface area contributed by atoms with Gasteiger partial charge in [0.25, 0.3) is 0 Å². The molecule has 0 aromatic rings. The molecule has 0 atom stereocenters. The molecule has 0 N–H and O–H groups in total. The van der Waals surface area contributed by atoms with Crippen molar-refractivity contribution in [2.24, 2.45) is 0 Å². The Labute approximate surface area is 52.7 Å². The van der Waals surface area contributed by atoms with Gasteiger partial charge >= 0.3 is 0 Å². The van der Waals surface area contributed by atoms with E-state index < -0.39 is 0 Å². The fraction of sp³-hybridized carbons (Fsp3) is 0.429. The maximum Gasteiger partial charge on any atom is 0.0351 e. The molecule has 50 valence electrons. The highest BCUT2D eigenvalue weighted by Crippen LogP contribution is 1.38. The van der Waals surface area contributed by atoms with E-state index in [4.69, 9.17) is 0 Å². The summed E-state index contributed by atoms with van der Waals surface area (Å²) >= 11 is 0. The maximum absolute atomic E-state index is 4.25. The van der Waals surface area contributed by atoms with E-state index >= 15 is 0 Å². The summed E-state index contributed by atoms with van der Waals surface area (Å²) in [5.41, 5.74) is 0. The lowest BCUT2D eigenvalue weighted by molar-refractivity contribution is 0.277. The lowest BCUT2D eigenvalue weighted by Crippen LogP contribution is -1.55. The first-order valence-electron chi connectivity index (χ1n) is 2.30. The van der Waals surface area contributed by atoms with E-state index in [1.807, 2.05) is 6.92 Å². The van der Waals surface area contributed by atoms with Crippen molar-refractivity contribution >= 4 is 0 Å². The van der Waals surface area contributed by atoms with Gasteiger partial charge in [-0.15, -0.1) is 19.7 Å². The quantitative estimate of drug-likeness (QED) is 0.441. The zero-order chi connectivity index (χ0) is 7.41. The van der Waals surface area contributed by atoms with E-state index in [-0.39, 0.29) is 0 Å². The van der Waals surface area contributed by atoms with Crippen LogP contribution in [-0.2, 0) is 4.74 Å². The summed E-state index contributed by atoms with van der Waals surface area (Å²) in [7, 11) is 3.25. The van der Waals surface area contributed by atoms with Gasteiger partial charge in [-0.2, -0.15) is 0 Å². The van der Waals surface area contributed by atoms with E-state index in [2.05, 4.69) is 24.5 Å². The van der Waals surface area contributed by atoms with Gasteiger partial charge in [-0.25, -0.2) is 0 Å². The summed E-state index contributed by atoms with van der Waals surface area (Å²) in [5.74, 6) is 0. The minimum Gasteiger partial charge on any atom is -0.388 e. The summed E-state index contributed by atoms with van der Waals surface area (Å²) in [6, 6.07) is 0. The van der Waals surface area contributed by atoms with Gasteiger partial charge in [-0.1, -0.05) is 6.08 Å². The molecule has 0 spiro atoms. The largest absolute Gasteiger partial charge is 0.388 e. The summed E-state index contributed by atoms with van der Waals surface area (Å²) in [5, 5.41) is 0. The standard InChI is InChI=1S/C3H6.C2H6O.C2H4/c2*1-3-2;1-2/h3H,1H2,2H3;1-2H3;1-2H2. The van der Waals surface area contributed by atoms with Gasteiger partial charge in [0.1, 0.15) is 0 Å². The molecule has 0 aliphatic heterocycles. The number of ether oxygens (including phenoxy) is 1. The van der Waals surface area contributed by atoms with E-state index in [0.29, 0.717) is 0 Å². The number of methoxy groups -OCH3 is 1. The second-order valence-electron chi connectivity index (χ2n) is 0.816. The highest BCUT2D eigenvalue weighted by molar-refractivity contribution is 4.51. The zero-order valence-corrected chi connectivity index (χ0v) is 6.11. The van der Waals surface area contributed by atoms with Gasteiger partial charge in [0.2, 0.25) is 0 Å². The van der Waals surface area contributed by atoms with Gasteiger partial charge in [0.15, 0.2) is 0 Å². The van der Waals surface area contributed by atoms with Crippen LogP contribution in [0, 0.1) is 0 Å². The predicted octanol–water partition coefficient (Wildman–Crippen LogP) is 2.26. The van der Waals surface area contributed by atoms with E-state index in [1.54, 1.807) is 20.3 Å². The van der Waals surface area contributed by atoms with Crippen LogP contribution in [0.4, 0.5) is 0 Å². The molecule has 0 amide bonds. The molecule has 1 heteroatoms. The Morgan fingerprint density at radius 3 is 1.25 bits per heavy atom. The van der Waals surface area contributed by atoms with Gasteiger partial charge in [-0.05, 0) is 6.92 Å². The van der Waals surface area contributed by atoms with Crippen molar-refractivity contribution in [1.29, 1.82) is 0 Å². The molecule has 0 aliphatic carbocycles. The summed E-state index contributed by atoms with van der Waals surface area (Å²) in [4.78, 5) is 0. The predicted molar refractivity (Wildman–Crippen MR) is 40.1 cm³/mol. The highest BCUT2D eigenvalue weighted by atomic mass is 16.4. The third-order valence-corrected chi connectivity index (χ3v) is 0. The number of hydrogen-bond donors (Lipinski definition) is 0.